The molecule has 0 saturated heterocycles. The van der Waals surface area contributed by atoms with E-state index in [2.05, 4.69) is 30.0 Å². The molecular formula is C12H18N. The molecule has 71 valence electrons. The number of nitrogens with one attached hydrogen (secondary N) is 1. The van der Waals surface area contributed by atoms with Gasteiger partial charge in [0.25, 0.3) is 0 Å². The summed E-state index contributed by atoms with van der Waals surface area (Å²) in [6.45, 7) is 2.38. The minimum atomic E-state index is 1.00. The van der Waals surface area contributed by atoms with Crippen LogP contribution < -0.4 is 5.32 Å². The quantitative estimate of drug-likeness (QED) is 0.634. The maximum Gasteiger partial charge on any atom is -0.000835 e. The fraction of sp³-hybridized carbons (Fsp3) is 0.583. The first-order chi connectivity index (χ1) is 6.45. The molecule has 1 saturated carbocycles. The summed E-state index contributed by atoms with van der Waals surface area (Å²) in [5.74, 6) is 1.00. The summed E-state index contributed by atoms with van der Waals surface area (Å²) >= 11 is 0. The molecule has 0 unspecified atom stereocenters. The van der Waals surface area contributed by atoms with Crippen molar-refractivity contribution in [3.05, 3.63) is 30.2 Å². The summed E-state index contributed by atoms with van der Waals surface area (Å²) < 4.78 is 0. The van der Waals surface area contributed by atoms with Crippen molar-refractivity contribution in [1.82, 2.24) is 5.32 Å². The maximum atomic E-state index is 3.51. The lowest BCUT2D eigenvalue weighted by Gasteiger charge is -2.07. The van der Waals surface area contributed by atoms with Crippen molar-refractivity contribution in [2.24, 2.45) is 5.92 Å². The van der Waals surface area contributed by atoms with Gasteiger partial charge in [-0.1, -0.05) is 23.8 Å². The van der Waals surface area contributed by atoms with E-state index in [1.807, 2.05) is 0 Å². The third-order valence-corrected chi connectivity index (χ3v) is 2.68. The SMILES string of the molecule is [CH]1C=CC(CCNCC2CC2)=CC1. The molecule has 0 spiro atoms. The number of rotatable bonds is 5. The first-order valence-corrected chi connectivity index (χ1v) is 5.35. The molecule has 0 aliphatic heterocycles. The van der Waals surface area contributed by atoms with Gasteiger partial charge in [-0.25, -0.2) is 0 Å². The van der Waals surface area contributed by atoms with E-state index in [0.29, 0.717) is 0 Å². The second-order valence-corrected chi connectivity index (χ2v) is 4.01. The van der Waals surface area contributed by atoms with Gasteiger partial charge < -0.3 is 5.32 Å². The molecule has 1 nitrogen and oxygen atoms in total. The highest BCUT2D eigenvalue weighted by Gasteiger charge is 2.19. The lowest BCUT2D eigenvalue weighted by molar-refractivity contribution is 0.637. The van der Waals surface area contributed by atoms with Gasteiger partial charge in [-0.15, -0.1) is 0 Å². The zero-order valence-corrected chi connectivity index (χ0v) is 8.13. The Bertz CT molecular complexity index is 211. The van der Waals surface area contributed by atoms with Crippen molar-refractivity contribution in [3.63, 3.8) is 0 Å². The average Bonchev–Trinajstić information content (AvgIpc) is 2.98. The van der Waals surface area contributed by atoms with E-state index in [1.54, 1.807) is 0 Å². The molecule has 0 aromatic carbocycles. The van der Waals surface area contributed by atoms with Crippen molar-refractivity contribution in [1.29, 1.82) is 0 Å². The van der Waals surface area contributed by atoms with Gasteiger partial charge in [-0.2, -0.15) is 0 Å². The van der Waals surface area contributed by atoms with Gasteiger partial charge in [-0.3, -0.25) is 0 Å². The highest BCUT2D eigenvalue weighted by molar-refractivity contribution is 5.26. The van der Waals surface area contributed by atoms with E-state index in [0.717, 1.165) is 18.9 Å². The molecule has 1 radical (unpaired) electrons. The smallest absolute Gasteiger partial charge is 0.000835 e. The summed E-state index contributed by atoms with van der Waals surface area (Å²) in [7, 11) is 0. The standard InChI is InChI=1S/C12H18N/c1-2-4-11(5-3-1)8-9-13-10-12-6-7-12/h1-2,4-5,12-13H,3,6-10H2. The van der Waals surface area contributed by atoms with Gasteiger partial charge in [0, 0.05) is 0 Å². The van der Waals surface area contributed by atoms with E-state index in [-0.39, 0.29) is 0 Å². The largest absolute Gasteiger partial charge is 0.316 e. The number of allylic oxidation sites excluding steroid dienone is 3. The summed E-state index contributed by atoms with van der Waals surface area (Å²) in [5, 5.41) is 3.51. The monoisotopic (exact) mass is 176 g/mol. The molecule has 1 heteroatoms. The predicted octanol–water partition coefficient (Wildman–Crippen LogP) is 2.47. The second kappa shape index (κ2) is 4.61. The van der Waals surface area contributed by atoms with E-state index < -0.39 is 0 Å². The fourth-order valence-electron chi connectivity index (χ4n) is 1.60. The number of hydrogen-bond donors (Lipinski definition) is 1. The Hall–Kier alpha value is -0.560. The average molecular weight is 176 g/mol. The van der Waals surface area contributed by atoms with Crippen LogP contribution in [0.4, 0.5) is 0 Å². The molecule has 1 fully saturated rings. The second-order valence-electron chi connectivity index (χ2n) is 4.01. The van der Waals surface area contributed by atoms with Crippen LogP contribution in [-0.2, 0) is 0 Å². The Morgan fingerprint density at radius 2 is 2.31 bits per heavy atom. The van der Waals surface area contributed by atoms with Crippen LogP contribution in [0.2, 0.25) is 0 Å². The Balaban J connectivity index is 1.55. The molecule has 0 aromatic heterocycles. The fourth-order valence-corrected chi connectivity index (χ4v) is 1.60. The van der Waals surface area contributed by atoms with Crippen LogP contribution in [0.1, 0.15) is 25.7 Å². The summed E-state index contributed by atoms with van der Waals surface area (Å²) in [5.41, 5.74) is 1.49. The summed E-state index contributed by atoms with van der Waals surface area (Å²) in [6, 6.07) is 0. The molecule has 2 aliphatic rings. The zero-order valence-electron chi connectivity index (χ0n) is 8.13. The maximum absolute atomic E-state index is 3.51. The van der Waals surface area contributed by atoms with Crippen molar-refractivity contribution in [2.75, 3.05) is 13.1 Å². The van der Waals surface area contributed by atoms with E-state index in [4.69, 9.17) is 0 Å². The Morgan fingerprint density at radius 3 is 3.00 bits per heavy atom. The van der Waals surface area contributed by atoms with Crippen molar-refractivity contribution >= 4 is 0 Å². The molecular weight excluding hydrogens is 158 g/mol. The van der Waals surface area contributed by atoms with Gasteiger partial charge in [0.1, 0.15) is 0 Å². The van der Waals surface area contributed by atoms with Gasteiger partial charge in [0.15, 0.2) is 0 Å². The van der Waals surface area contributed by atoms with E-state index >= 15 is 0 Å². The van der Waals surface area contributed by atoms with Gasteiger partial charge in [-0.05, 0) is 51.1 Å². The molecule has 0 aromatic rings. The molecule has 1 N–H and O–H groups in total. The van der Waals surface area contributed by atoms with Gasteiger partial charge >= 0.3 is 0 Å². The first kappa shape index (κ1) is 9.01. The third-order valence-electron chi connectivity index (χ3n) is 2.68. The lowest BCUT2D eigenvalue weighted by Crippen LogP contribution is -2.18. The molecule has 2 aliphatic carbocycles. The minimum absolute atomic E-state index is 1.00. The molecule has 13 heavy (non-hydrogen) atoms. The van der Waals surface area contributed by atoms with E-state index in [1.165, 1.54) is 31.4 Å². The predicted molar refractivity (Wildman–Crippen MR) is 56.4 cm³/mol. The zero-order chi connectivity index (χ0) is 8.93. The first-order valence-electron chi connectivity index (χ1n) is 5.35. The lowest BCUT2D eigenvalue weighted by atomic mass is 10.0. The van der Waals surface area contributed by atoms with Crippen molar-refractivity contribution < 1.29 is 0 Å². The Morgan fingerprint density at radius 1 is 1.38 bits per heavy atom. The summed E-state index contributed by atoms with van der Waals surface area (Å²) in [6.07, 6.45) is 14.1. The van der Waals surface area contributed by atoms with Crippen LogP contribution in [0.5, 0.6) is 0 Å². The van der Waals surface area contributed by atoms with Crippen LogP contribution in [0.25, 0.3) is 0 Å². The Labute approximate surface area is 80.9 Å². The molecule has 0 amide bonds. The van der Waals surface area contributed by atoms with Crippen LogP contribution in [-0.4, -0.2) is 13.1 Å². The Kier molecular flexibility index (Phi) is 3.20. The van der Waals surface area contributed by atoms with Crippen LogP contribution in [0.3, 0.4) is 0 Å². The van der Waals surface area contributed by atoms with E-state index in [9.17, 15) is 0 Å². The van der Waals surface area contributed by atoms with Gasteiger partial charge in [0.2, 0.25) is 0 Å². The van der Waals surface area contributed by atoms with Crippen molar-refractivity contribution in [2.45, 2.75) is 25.7 Å². The number of hydrogen-bond acceptors (Lipinski definition) is 1. The van der Waals surface area contributed by atoms with Crippen LogP contribution in [0, 0.1) is 12.3 Å². The summed E-state index contributed by atoms with van der Waals surface area (Å²) in [4.78, 5) is 0. The van der Waals surface area contributed by atoms with Crippen LogP contribution in [0.15, 0.2) is 23.8 Å². The third kappa shape index (κ3) is 3.35. The molecule has 0 atom stereocenters. The topological polar surface area (TPSA) is 12.0 Å². The van der Waals surface area contributed by atoms with Gasteiger partial charge in [0.05, 0.1) is 0 Å². The highest BCUT2D eigenvalue weighted by Crippen LogP contribution is 2.27. The van der Waals surface area contributed by atoms with Crippen LogP contribution >= 0.6 is 0 Å². The normalized spacial score (nSPS) is 21.7. The van der Waals surface area contributed by atoms with Crippen molar-refractivity contribution in [3.8, 4) is 0 Å². The molecule has 2 rings (SSSR count). The highest BCUT2D eigenvalue weighted by atomic mass is 14.9. The molecule has 0 heterocycles. The molecule has 0 bridgehead atoms. The minimum Gasteiger partial charge on any atom is -0.316 e.